The van der Waals surface area contributed by atoms with Crippen molar-refractivity contribution in [3.05, 3.63) is 0 Å². The van der Waals surface area contributed by atoms with Crippen molar-refractivity contribution in [2.45, 2.75) is 26.0 Å². The van der Waals surface area contributed by atoms with E-state index < -0.39 is 42.5 Å². The molecule has 0 aromatic carbocycles. The molecule has 1 heterocycles. The first-order chi connectivity index (χ1) is 10.8. The first-order valence-corrected chi connectivity index (χ1v) is 6.39. The maximum atomic E-state index is 11.7. The maximum absolute atomic E-state index is 11.7. The molecule has 11 nitrogen and oxygen atoms in total. The number of amides is 1. The molecular formula is C12H14N4O7. The van der Waals surface area contributed by atoms with E-state index in [1.807, 2.05) is 0 Å². The third-order valence-electron chi connectivity index (χ3n) is 2.47. The molecule has 1 aliphatic rings. The van der Waals surface area contributed by atoms with Gasteiger partial charge in [0, 0.05) is 13.8 Å². The molecule has 124 valence electrons. The van der Waals surface area contributed by atoms with E-state index in [1.54, 1.807) is 0 Å². The van der Waals surface area contributed by atoms with Crippen LogP contribution in [-0.2, 0) is 33.4 Å². The Labute approximate surface area is 130 Å². The minimum absolute atomic E-state index is 0.226. The predicted molar refractivity (Wildman–Crippen MR) is 69.1 cm³/mol. The Morgan fingerprint density at radius 2 is 1.83 bits per heavy atom. The van der Waals surface area contributed by atoms with Gasteiger partial charge in [-0.15, -0.1) is 5.11 Å². The number of rotatable bonds is 7. The fourth-order valence-corrected chi connectivity index (χ4v) is 1.36. The molecule has 1 amide bonds. The van der Waals surface area contributed by atoms with Crippen molar-refractivity contribution in [1.82, 2.24) is 5.01 Å². The number of carbonyl (C=O) groups is 4. The molecule has 0 fully saturated rings. The zero-order valence-electron chi connectivity index (χ0n) is 12.4. The van der Waals surface area contributed by atoms with Crippen LogP contribution in [0.1, 0.15) is 13.8 Å². The van der Waals surface area contributed by atoms with Gasteiger partial charge in [0.1, 0.15) is 32.1 Å². The number of Topliss-reactive ketones (excluding diaryl/α,β-unsaturated/α-hetero) is 1. The van der Waals surface area contributed by atoms with Gasteiger partial charge in [0.15, 0.2) is 0 Å². The predicted octanol–water partition coefficient (Wildman–Crippen LogP) is -0.874. The third-order valence-corrected chi connectivity index (χ3v) is 2.47. The number of nitrogens with zero attached hydrogens (tertiary/aromatic N) is 4. The Bertz CT molecular complexity index is 550. The Hall–Kier alpha value is -2.87. The molecule has 0 radical (unpaired) electrons. The Morgan fingerprint density at radius 3 is 2.30 bits per heavy atom. The van der Waals surface area contributed by atoms with Gasteiger partial charge < -0.3 is 14.2 Å². The van der Waals surface area contributed by atoms with E-state index in [9.17, 15) is 19.2 Å². The standard InChI is InChI=1S/C12H14N4O7/c1-7(17)21-4-9(5-22-8(2)18)23-6-16-12(20)11(19)10(3-13)14-15-16/h9-10H,4-6H2,1-2H3. The topological polar surface area (TPSA) is 148 Å². The number of nitriles is 1. The van der Waals surface area contributed by atoms with Gasteiger partial charge >= 0.3 is 17.8 Å². The summed E-state index contributed by atoms with van der Waals surface area (Å²) in [5.74, 6) is -3.21. The normalized spacial score (nSPS) is 17.1. The van der Waals surface area contributed by atoms with Gasteiger partial charge in [-0.3, -0.25) is 19.2 Å². The lowest BCUT2D eigenvalue weighted by molar-refractivity contribution is -0.162. The SMILES string of the molecule is CC(=O)OCC(COC(C)=O)OCN1N=NC(C#N)C(=O)C1=O. The second-order valence-electron chi connectivity index (χ2n) is 4.33. The third kappa shape index (κ3) is 5.79. The van der Waals surface area contributed by atoms with Crippen molar-refractivity contribution >= 4 is 23.6 Å². The van der Waals surface area contributed by atoms with Crippen LogP contribution in [0.5, 0.6) is 0 Å². The summed E-state index contributed by atoms with van der Waals surface area (Å²) in [7, 11) is 0. The highest BCUT2D eigenvalue weighted by atomic mass is 16.6. The quantitative estimate of drug-likeness (QED) is 0.433. The van der Waals surface area contributed by atoms with Crippen LogP contribution >= 0.6 is 0 Å². The minimum atomic E-state index is -1.46. The van der Waals surface area contributed by atoms with Gasteiger partial charge in [-0.1, -0.05) is 5.22 Å². The molecule has 0 spiro atoms. The van der Waals surface area contributed by atoms with Crippen LogP contribution in [0.3, 0.4) is 0 Å². The number of hydrogen-bond acceptors (Lipinski definition) is 10. The van der Waals surface area contributed by atoms with Crippen LogP contribution in [0.15, 0.2) is 10.3 Å². The van der Waals surface area contributed by atoms with Gasteiger partial charge in [-0.2, -0.15) is 10.3 Å². The number of carbonyl (C=O) groups excluding carboxylic acids is 4. The number of ether oxygens (including phenoxy) is 3. The Balaban J connectivity index is 2.60. The molecule has 23 heavy (non-hydrogen) atoms. The van der Waals surface area contributed by atoms with Gasteiger partial charge in [0.25, 0.3) is 5.78 Å². The lowest BCUT2D eigenvalue weighted by atomic mass is 10.2. The van der Waals surface area contributed by atoms with Gasteiger partial charge in [0.05, 0.1) is 0 Å². The summed E-state index contributed by atoms with van der Waals surface area (Å²) in [5.41, 5.74) is 0. The van der Waals surface area contributed by atoms with E-state index in [0.29, 0.717) is 5.01 Å². The van der Waals surface area contributed by atoms with Crippen molar-refractivity contribution in [2.75, 3.05) is 19.9 Å². The first-order valence-electron chi connectivity index (χ1n) is 6.39. The monoisotopic (exact) mass is 326 g/mol. The molecule has 1 atom stereocenters. The first kappa shape index (κ1) is 18.2. The summed E-state index contributed by atoms with van der Waals surface area (Å²) in [6.07, 6.45) is -0.866. The largest absolute Gasteiger partial charge is 0.463 e. The van der Waals surface area contributed by atoms with Crippen molar-refractivity contribution in [3.63, 3.8) is 0 Å². The number of ketones is 1. The highest BCUT2D eigenvalue weighted by Crippen LogP contribution is 2.09. The summed E-state index contributed by atoms with van der Waals surface area (Å²) in [6.45, 7) is 1.43. The molecule has 1 rings (SSSR count). The van der Waals surface area contributed by atoms with Gasteiger partial charge in [0.2, 0.25) is 6.04 Å². The molecule has 0 saturated heterocycles. The van der Waals surface area contributed by atoms with Crippen LogP contribution in [0.2, 0.25) is 0 Å². The Kier molecular flexibility index (Phi) is 6.75. The fraction of sp³-hybridized carbons (Fsp3) is 0.583. The summed E-state index contributed by atoms with van der Waals surface area (Å²) >= 11 is 0. The summed E-state index contributed by atoms with van der Waals surface area (Å²) in [6, 6.07) is 0.0604. The van der Waals surface area contributed by atoms with Crippen molar-refractivity contribution in [2.24, 2.45) is 10.3 Å². The summed E-state index contributed by atoms with van der Waals surface area (Å²) in [5, 5.41) is 16.0. The van der Waals surface area contributed by atoms with Crippen molar-refractivity contribution in [3.8, 4) is 6.07 Å². The average Bonchev–Trinajstić information content (AvgIpc) is 2.50. The molecule has 1 unspecified atom stereocenters. The lowest BCUT2D eigenvalue weighted by Gasteiger charge is -2.22. The van der Waals surface area contributed by atoms with Crippen molar-refractivity contribution in [1.29, 1.82) is 5.26 Å². The van der Waals surface area contributed by atoms with E-state index in [4.69, 9.17) is 19.5 Å². The highest BCUT2D eigenvalue weighted by molar-refractivity contribution is 6.39. The van der Waals surface area contributed by atoms with Crippen LogP contribution in [-0.4, -0.2) is 60.7 Å². The highest BCUT2D eigenvalue weighted by Gasteiger charge is 2.34. The van der Waals surface area contributed by atoms with E-state index in [-0.39, 0.29) is 13.2 Å². The second kappa shape index (κ2) is 8.54. The molecule has 11 heteroatoms. The lowest BCUT2D eigenvalue weighted by Crippen LogP contribution is -2.43. The molecular weight excluding hydrogens is 312 g/mol. The molecule has 0 aromatic rings. The molecule has 1 aliphatic heterocycles. The fourth-order valence-electron chi connectivity index (χ4n) is 1.36. The van der Waals surface area contributed by atoms with Crippen molar-refractivity contribution < 1.29 is 33.4 Å². The maximum Gasteiger partial charge on any atom is 0.317 e. The molecule has 0 saturated carbocycles. The molecule has 0 N–H and O–H groups in total. The Morgan fingerprint density at radius 1 is 1.26 bits per heavy atom. The average molecular weight is 326 g/mol. The van der Waals surface area contributed by atoms with E-state index in [0.717, 1.165) is 0 Å². The molecule has 0 bridgehead atoms. The zero-order valence-corrected chi connectivity index (χ0v) is 12.4. The number of esters is 2. The van der Waals surface area contributed by atoms with E-state index in [2.05, 4.69) is 10.3 Å². The van der Waals surface area contributed by atoms with E-state index in [1.165, 1.54) is 19.9 Å². The second-order valence-corrected chi connectivity index (χ2v) is 4.33. The van der Waals surface area contributed by atoms with Gasteiger partial charge in [-0.05, 0) is 0 Å². The van der Waals surface area contributed by atoms with Crippen LogP contribution in [0.25, 0.3) is 0 Å². The van der Waals surface area contributed by atoms with Crippen LogP contribution in [0.4, 0.5) is 0 Å². The zero-order chi connectivity index (χ0) is 17.4. The van der Waals surface area contributed by atoms with Crippen LogP contribution in [0, 0.1) is 11.3 Å². The number of hydrogen-bond donors (Lipinski definition) is 0. The molecule has 0 aliphatic carbocycles. The van der Waals surface area contributed by atoms with Gasteiger partial charge in [-0.25, -0.2) is 0 Å². The minimum Gasteiger partial charge on any atom is -0.463 e. The summed E-state index contributed by atoms with van der Waals surface area (Å²) in [4.78, 5) is 44.7. The van der Waals surface area contributed by atoms with Crippen LogP contribution < -0.4 is 0 Å². The molecule has 0 aromatic heterocycles. The smallest absolute Gasteiger partial charge is 0.317 e. The van der Waals surface area contributed by atoms with E-state index >= 15 is 0 Å². The summed E-state index contributed by atoms with van der Waals surface area (Å²) < 4.78 is 14.7.